The normalized spacial score (nSPS) is 28.9. The maximum atomic E-state index is 13.2. The fourth-order valence-electron chi connectivity index (χ4n) is 6.21. The Labute approximate surface area is 300 Å². The maximum absolute atomic E-state index is 13.2. The van der Waals surface area contributed by atoms with Crippen molar-refractivity contribution in [1.82, 2.24) is 4.57 Å². The summed E-state index contributed by atoms with van der Waals surface area (Å²) in [5, 5.41) is 32.1. The molecule has 2 aliphatic rings. The summed E-state index contributed by atoms with van der Waals surface area (Å²) < 4.78 is 47.5. The molecule has 0 unspecified atom stereocenters. The van der Waals surface area contributed by atoms with E-state index in [0.29, 0.717) is 18.4 Å². The molecule has 0 spiro atoms. The lowest BCUT2D eigenvalue weighted by molar-refractivity contribution is -0.273. The highest BCUT2D eigenvalue weighted by molar-refractivity contribution is 7.46. The van der Waals surface area contributed by atoms with E-state index in [4.69, 9.17) is 28.2 Å². The molecule has 0 aliphatic carbocycles. The van der Waals surface area contributed by atoms with E-state index >= 15 is 0 Å². The summed E-state index contributed by atoms with van der Waals surface area (Å²) in [6.07, 6.45) is -3.44. The van der Waals surface area contributed by atoms with Gasteiger partial charge in [-0.1, -0.05) is 48.9 Å². The number of ether oxygens (including phenoxy) is 5. The number of nitrogens with zero attached hydrogens (tertiary/aromatic N) is 1. The SMILES string of the molecule is C[C@H](CCCC/C=C/C(=O)OC[C@H]1O[C@@H](n2ccc3ccccc32)[C@H](OC(=O)c2ccccc2)[C@@H](OP(=O)(O)O)[C@@H]1O)O[C@@H]1O[C@@H](C)[C@H](O)C[C@H]1O. The van der Waals surface area contributed by atoms with Crippen LogP contribution in [-0.2, 0) is 37.6 Å². The first kappa shape index (κ1) is 39.7. The zero-order valence-electron chi connectivity index (χ0n) is 28.8. The molecule has 0 radical (unpaired) electrons. The van der Waals surface area contributed by atoms with Gasteiger partial charge in [0.25, 0.3) is 0 Å². The van der Waals surface area contributed by atoms with Gasteiger partial charge in [0.15, 0.2) is 18.6 Å². The minimum absolute atomic E-state index is 0.152. The van der Waals surface area contributed by atoms with Gasteiger partial charge in [-0.3, -0.25) is 4.52 Å². The fraction of sp³-hybridized carbons (Fsp3) is 0.500. The van der Waals surface area contributed by atoms with Gasteiger partial charge in [-0.25, -0.2) is 14.2 Å². The third kappa shape index (κ3) is 10.6. The van der Waals surface area contributed by atoms with Crippen LogP contribution in [0, 0.1) is 0 Å². The van der Waals surface area contributed by atoms with E-state index in [2.05, 4.69) is 0 Å². The molecule has 5 rings (SSSR count). The van der Waals surface area contributed by atoms with Gasteiger partial charge in [0.05, 0.1) is 29.4 Å². The molecule has 52 heavy (non-hydrogen) atoms. The number of para-hydroxylation sites is 1. The van der Waals surface area contributed by atoms with Crippen molar-refractivity contribution in [3.63, 3.8) is 0 Å². The Morgan fingerprint density at radius 2 is 1.71 bits per heavy atom. The molecule has 0 bridgehead atoms. The van der Waals surface area contributed by atoms with Gasteiger partial charge in [0, 0.05) is 18.7 Å². The number of esters is 2. The zero-order valence-corrected chi connectivity index (χ0v) is 29.7. The molecule has 10 atom stereocenters. The number of allylic oxidation sites excluding steroid dienone is 1. The van der Waals surface area contributed by atoms with Crippen molar-refractivity contribution in [2.45, 2.75) is 107 Å². The van der Waals surface area contributed by atoms with Crippen LogP contribution in [0.1, 0.15) is 62.5 Å². The van der Waals surface area contributed by atoms with Gasteiger partial charge in [0.2, 0.25) is 0 Å². The van der Waals surface area contributed by atoms with E-state index in [0.717, 1.165) is 18.2 Å². The monoisotopic (exact) mass is 747 g/mol. The highest BCUT2D eigenvalue weighted by Crippen LogP contribution is 2.44. The van der Waals surface area contributed by atoms with Crippen molar-refractivity contribution in [1.29, 1.82) is 0 Å². The van der Waals surface area contributed by atoms with Crippen LogP contribution in [0.3, 0.4) is 0 Å². The van der Waals surface area contributed by atoms with Crippen molar-refractivity contribution in [3.05, 3.63) is 84.6 Å². The summed E-state index contributed by atoms with van der Waals surface area (Å²) >= 11 is 0. The standard InChI is InChI=1S/C36H46NO14P/c1-22(47-36-28(39)20-27(38)23(2)48-36)12-6-3-4-9-17-30(40)46-21-29-31(41)32(51-52(43,44)45)33(50-35(42)25-14-7-5-8-15-25)34(49-29)37-19-18-24-13-10-11-16-26(24)37/h5,7-11,13-19,22-23,27-29,31-34,36,38-39,41H,3-4,6,12,20-21H2,1-2H3,(H2,43,44,45)/b17-9+/t22-,23+,27-,28-,29-,31-,32+,33-,34-,36-/m1/s1. The van der Waals surface area contributed by atoms with Crippen molar-refractivity contribution < 1.29 is 67.5 Å². The Bertz CT molecular complexity index is 1690. The number of aliphatic hydroxyl groups excluding tert-OH is 3. The van der Waals surface area contributed by atoms with E-state index in [1.807, 2.05) is 19.1 Å². The van der Waals surface area contributed by atoms with Gasteiger partial charge in [-0.2, -0.15) is 0 Å². The number of fused-ring (bicyclic) bond motifs is 1. The molecule has 2 saturated heterocycles. The van der Waals surface area contributed by atoms with Crippen molar-refractivity contribution in [3.8, 4) is 0 Å². The van der Waals surface area contributed by atoms with Crippen LogP contribution in [0.4, 0.5) is 0 Å². The number of hydrogen-bond acceptors (Lipinski definition) is 12. The number of phosphoric ester groups is 1. The summed E-state index contributed by atoms with van der Waals surface area (Å²) in [6, 6.07) is 16.9. The van der Waals surface area contributed by atoms with Crippen LogP contribution in [-0.4, -0.2) is 103 Å². The Hall–Kier alpha value is -3.47. The van der Waals surface area contributed by atoms with E-state index in [1.165, 1.54) is 18.2 Å². The third-order valence-corrected chi connectivity index (χ3v) is 9.50. The first-order valence-corrected chi connectivity index (χ1v) is 18.7. The highest BCUT2D eigenvalue weighted by Gasteiger charge is 2.52. The number of unbranched alkanes of at least 4 members (excludes halogenated alkanes) is 2. The molecule has 3 aromatic rings. The second-order valence-electron chi connectivity index (χ2n) is 13.0. The van der Waals surface area contributed by atoms with Gasteiger partial charge in [-0.15, -0.1) is 0 Å². The number of hydrogen-bond donors (Lipinski definition) is 5. The molecule has 3 heterocycles. The van der Waals surface area contributed by atoms with Crippen molar-refractivity contribution >= 4 is 30.7 Å². The summed E-state index contributed by atoms with van der Waals surface area (Å²) in [7, 11) is -5.26. The second kappa shape index (κ2) is 18.0. The Morgan fingerprint density at radius 1 is 0.981 bits per heavy atom. The Morgan fingerprint density at radius 3 is 2.46 bits per heavy atom. The molecule has 15 nitrogen and oxygen atoms in total. The molecule has 1 aromatic heterocycles. The molecule has 16 heteroatoms. The first-order chi connectivity index (χ1) is 24.8. The number of aromatic nitrogens is 1. The summed E-state index contributed by atoms with van der Waals surface area (Å²) in [5.41, 5.74) is 0.785. The van der Waals surface area contributed by atoms with Crippen molar-refractivity contribution in [2.24, 2.45) is 0 Å². The number of aliphatic hydroxyl groups is 3. The zero-order chi connectivity index (χ0) is 37.4. The minimum Gasteiger partial charge on any atom is -0.460 e. The molecule has 5 N–H and O–H groups in total. The minimum atomic E-state index is -5.26. The van der Waals surface area contributed by atoms with E-state index in [9.17, 15) is 39.3 Å². The number of carbonyl (C=O) groups excluding carboxylic acids is 2. The maximum Gasteiger partial charge on any atom is 0.470 e. The van der Waals surface area contributed by atoms with Gasteiger partial charge >= 0.3 is 19.8 Å². The molecule has 2 aromatic carbocycles. The topological polar surface area (TPSA) is 213 Å². The molecular weight excluding hydrogens is 701 g/mol. The number of rotatable bonds is 15. The lowest BCUT2D eigenvalue weighted by atomic mass is 9.97. The molecule has 2 fully saturated rings. The van der Waals surface area contributed by atoms with Gasteiger partial charge < -0.3 is 53.4 Å². The van der Waals surface area contributed by atoms with E-state index < -0.39 is 81.6 Å². The third-order valence-electron chi connectivity index (χ3n) is 8.98. The second-order valence-corrected chi connectivity index (χ2v) is 14.2. The summed E-state index contributed by atoms with van der Waals surface area (Å²) in [4.78, 5) is 45.5. The lowest BCUT2D eigenvalue weighted by Crippen LogP contribution is -2.58. The largest absolute Gasteiger partial charge is 0.470 e. The lowest BCUT2D eigenvalue weighted by Gasteiger charge is -2.44. The smallest absolute Gasteiger partial charge is 0.460 e. The van der Waals surface area contributed by atoms with Crippen molar-refractivity contribution in [2.75, 3.05) is 6.61 Å². The molecular formula is C36H46NO14P. The molecule has 2 aliphatic heterocycles. The average molecular weight is 748 g/mol. The number of phosphoric acid groups is 1. The Kier molecular flexibility index (Phi) is 13.8. The number of benzene rings is 2. The molecule has 0 saturated carbocycles. The van der Waals surface area contributed by atoms with Crippen LogP contribution in [0.25, 0.3) is 10.9 Å². The van der Waals surface area contributed by atoms with Gasteiger partial charge in [-0.05, 0) is 62.8 Å². The highest BCUT2D eigenvalue weighted by atomic mass is 31.2. The van der Waals surface area contributed by atoms with Crippen LogP contribution in [0.5, 0.6) is 0 Å². The quantitative estimate of drug-likeness (QED) is 0.0652. The van der Waals surface area contributed by atoms with Crippen LogP contribution in [0.2, 0.25) is 0 Å². The summed E-state index contributed by atoms with van der Waals surface area (Å²) in [5.74, 6) is -1.58. The summed E-state index contributed by atoms with van der Waals surface area (Å²) in [6.45, 7) is 3.08. The van der Waals surface area contributed by atoms with Crippen LogP contribution < -0.4 is 0 Å². The van der Waals surface area contributed by atoms with Crippen LogP contribution in [0.15, 0.2) is 79.0 Å². The number of carbonyl (C=O) groups is 2. The molecule has 284 valence electrons. The average Bonchev–Trinajstić information content (AvgIpc) is 3.54. The van der Waals surface area contributed by atoms with E-state index in [-0.39, 0.29) is 18.1 Å². The van der Waals surface area contributed by atoms with Gasteiger partial charge in [0.1, 0.15) is 31.0 Å². The van der Waals surface area contributed by atoms with Crippen LogP contribution >= 0.6 is 7.82 Å². The Balaban J connectivity index is 1.20. The predicted molar refractivity (Wildman–Crippen MR) is 184 cm³/mol. The predicted octanol–water partition coefficient (Wildman–Crippen LogP) is 3.52. The molecule has 0 amide bonds. The van der Waals surface area contributed by atoms with E-state index in [1.54, 1.807) is 60.2 Å². The fourth-order valence-corrected chi connectivity index (χ4v) is 6.78. The first-order valence-electron chi connectivity index (χ1n) is 17.2.